The van der Waals surface area contributed by atoms with Crippen LogP contribution in [-0.4, -0.2) is 36.6 Å². The Labute approximate surface area is 128 Å². The number of amides is 1. The molecular weight excluding hydrogens is 262 g/mol. The topological polar surface area (TPSA) is 29.5 Å². The van der Waals surface area contributed by atoms with E-state index < -0.39 is 0 Å². The molecule has 1 heterocycles. The van der Waals surface area contributed by atoms with Crippen LogP contribution in [0.1, 0.15) is 44.2 Å². The van der Waals surface area contributed by atoms with Gasteiger partial charge in [-0.2, -0.15) is 0 Å². The number of aryl methyl sites for hydroxylation is 1. The van der Waals surface area contributed by atoms with Gasteiger partial charge in [-0.3, -0.25) is 4.79 Å². The van der Waals surface area contributed by atoms with E-state index in [0.29, 0.717) is 18.9 Å². The fourth-order valence-corrected chi connectivity index (χ4v) is 2.91. The molecule has 1 aromatic rings. The zero-order valence-corrected chi connectivity index (χ0v) is 13.6. The minimum absolute atomic E-state index is 0.152. The third kappa shape index (κ3) is 4.31. The van der Waals surface area contributed by atoms with E-state index in [0.717, 1.165) is 13.1 Å². The second-order valence-corrected chi connectivity index (χ2v) is 6.49. The first-order valence-electron chi connectivity index (χ1n) is 7.93. The molecule has 1 aliphatic heterocycles. The van der Waals surface area contributed by atoms with Crippen molar-refractivity contribution in [3.05, 3.63) is 35.4 Å². The average Bonchev–Trinajstić information content (AvgIpc) is 2.45. The summed E-state index contributed by atoms with van der Waals surface area (Å²) >= 11 is 0. The summed E-state index contributed by atoms with van der Waals surface area (Å²) < 4.78 is 5.51. The number of nitrogens with zero attached hydrogens (tertiary/aromatic N) is 1. The normalized spacial score (nSPS) is 20.6. The molecule has 0 bridgehead atoms. The van der Waals surface area contributed by atoms with Crippen LogP contribution in [0, 0.1) is 12.8 Å². The Morgan fingerprint density at radius 3 is 2.57 bits per heavy atom. The average molecular weight is 289 g/mol. The highest BCUT2D eigenvalue weighted by atomic mass is 16.5. The molecule has 1 amide bonds. The molecule has 2 atom stereocenters. The van der Waals surface area contributed by atoms with Crippen LogP contribution in [0.4, 0.5) is 0 Å². The molecule has 0 aliphatic carbocycles. The van der Waals surface area contributed by atoms with Crippen molar-refractivity contribution in [1.82, 2.24) is 4.90 Å². The fourth-order valence-electron chi connectivity index (χ4n) is 2.91. The summed E-state index contributed by atoms with van der Waals surface area (Å²) in [6.07, 6.45) is 0.743. The van der Waals surface area contributed by atoms with E-state index in [2.05, 4.69) is 45.0 Å². The summed E-state index contributed by atoms with van der Waals surface area (Å²) in [6, 6.07) is 8.59. The van der Waals surface area contributed by atoms with Crippen molar-refractivity contribution in [3.63, 3.8) is 0 Å². The van der Waals surface area contributed by atoms with Crippen molar-refractivity contribution in [3.8, 4) is 0 Å². The minimum atomic E-state index is 0.152. The highest BCUT2D eigenvalue weighted by Crippen LogP contribution is 2.29. The highest BCUT2D eigenvalue weighted by molar-refractivity contribution is 5.77. The summed E-state index contributed by atoms with van der Waals surface area (Å²) in [5.41, 5.74) is 2.53. The lowest BCUT2D eigenvalue weighted by Crippen LogP contribution is -2.45. The lowest BCUT2D eigenvalue weighted by Gasteiger charge is -2.33. The number of ether oxygens (including phenoxy) is 1. The molecular formula is C18H27NO2. The quantitative estimate of drug-likeness (QED) is 0.850. The van der Waals surface area contributed by atoms with Gasteiger partial charge in [0.15, 0.2) is 0 Å². The van der Waals surface area contributed by atoms with E-state index in [1.54, 1.807) is 0 Å². The highest BCUT2D eigenvalue weighted by Gasteiger charge is 2.26. The number of carbonyl (C=O) groups is 1. The summed E-state index contributed by atoms with van der Waals surface area (Å²) in [7, 11) is 0. The number of benzene rings is 1. The minimum Gasteiger partial charge on any atom is -0.375 e. The third-order valence-electron chi connectivity index (χ3n) is 4.30. The van der Waals surface area contributed by atoms with Gasteiger partial charge in [0.2, 0.25) is 5.91 Å². The number of morpholine rings is 1. The van der Waals surface area contributed by atoms with Crippen molar-refractivity contribution >= 4 is 5.91 Å². The zero-order chi connectivity index (χ0) is 15.4. The van der Waals surface area contributed by atoms with Crippen LogP contribution in [0.25, 0.3) is 0 Å². The molecule has 2 unspecified atom stereocenters. The predicted molar refractivity (Wildman–Crippen MR) is 85.4 cm³/mol. The SMILES string of the molecule is Cc1ccc(C(CC(=O)N2CCOC(C)C2)C(C)C)cc1. The molecule has 0 spiro atoms. The molecule has 3 heteroatoms. The molecule has 2 rings (SSSR count). The Bertz CT molecular complexity index is 467. The monoisotopic (exact) mass is 289 g/mol. The van der Waals surface area contributed by atoms with Crippen LogP contribution in [0.15, 0.2) is 24.3 Å². The maximum atomic E-state index is 12.6. The molecule has 1 fully saturated rings. The van der Waals surface area contributed by atoms with Crippen LogP contribution in [0.5, 0.6) is 0 Å². The summed E-state index contributed by atoms with van der Waals surface area (Å²) in [6.45, 7) is 10.6. The van der Waals surface area contributed by atoms with Gasteiger partial charge >= 0.3 is 0 Å². The van der Waals surface area contributed by atoms with Gasteiger partial charge < -0.3 is 9.64 Å². The standard InChI is InChI=1S/C18H27NO2/c1-13(2)17(16-7-5-14(3)6-8-16)11-18(20)19-9-10-21-15(4)12-19/h5-8,13,15,17H,9-12H2,1-4H3. The first kappa shape index (κ1) is 16.0. The third-order valence-corrected chi connectivity index (χ3v) is 4.30. The molecule has 0 N–H and O–H groups in total. The molecule has 0 radical (unpaired) electrons. The Kier molecular flexibility index (Phi) is 5.40. The Morgan fingerprint density at radius 1 is 1.33 bits per heavy atom. The molecule has 1 aliphatic rings. The van der Waals surface area contributed by atoms with Gasteiger partial charge in [0.05, 0.1) is 12.7 Å². The van der Waals surface area contributed by atoms with Crippen LogP contribution in [0.2, 0.25) is 0 Å². The maximum Gasteiger partial charge on any atom is 0.223 e. The van der Waals surface area contributed by atoms with Gasteiger partial charge in [0.25, 0.3) is 0 Å². The number of hydrogen-bond acceptors (Lipinski definition) is 2. The van der Waals surface area contributed by atoms with Crippen LogP contribution >= 0.6 is 0 Å². The van der Waals surface area contributed by atoms with Gasteiger partial charge in [-0.05, 0) is 31.2 Å². The van der Waals surface area contributed by atoms with E-state index in [-0.39, 0.29) is 17.9 Å². The first-order chi connectivity index (χ1) is 9.97. The second kappa shape index (κ2) is 7.08. The fraction of sp³-hybridized carbons (Fsp3) is 0.611. The van der Waals surface area contributed by atoms with Gasteiger partial charge in [-0.25, -0.2) is 0 Å². The van der Waals surface area contributed by atoms with E-state index in [9.17, 15) is 4.79 Å². The van der Waals surface area contributed by atoms with Crippen LogP contribution < -0.4 is 0 Å². The lowest BCUT2D eigenvalue weighted by atomic mass is 9.85. The number of carbonyl (C=O) groups excluding carboxylic acids is 1. The van der Waals surface area contributed by atoms with E-state index in [1.165, 1.54) is 11.1 Å². The maximum absolute atomic E-state index is 12.6. The van der Waals surface area contributed by atoms with Crippen molar-refractivity contribution < 1.29 is 9.53 Å². The summed E-state index contributed by atoms with van der Waals surface area (Å²) in [5, 5.41) is 0. The number of rotatable bonds is 4. The second-order valence-electron chi connectivity index (χ2n) is 6.49. The van der Waals surface area contributed by atoms with E-state index >= 15 is 0 Å². The van der Waals surface area contributed by atoms with E-state index in [1.807, 2.05) is 11.8 Å². The van der Waals surface area contributed by atoms with Gasteiger partial charge in [0.1, 0.15) is 0 Å². The smallest absolute Gasteiger partial charge is 0.223 e. The first-order valence-corrected chi connectivity index (χ1v) is 7.93. The molecule has 21 heavy (non-hydrogen) atoms. The van der Waals surface area contributed by atoms with Gasteiger partial charge in [0, 0.05) is 19.5 Å². The van der Waals surface area contributed by atoms with Crippen molar-refractivity contribution in [2.75, 3.05) is 19.7 Å². The molecule has 3 nitrogen and oxygen atoms in total. The zero-order valence-electron chi connectivity index (χ0n) is 13.6. The molecule has 0 saturated carbocycles. The predicted octanol–water partition coefficient (Wildman–Crippen LogP) is 3.37. The van der Waals surface area contributed by atoms with Crippen LogP contribution in [-0.2, 0) is 9.53 Å². The van der Waals surface area contributed by atoms with Crippen LogP contribution in [0.3, 0.4) is 0 Å². The summed E-state index contributed by atoms with van der Waals surface area (Å²) in [5.74, 6) is 0.996. The van der Waals surface area contributed by atoms with Crippen molar-refractivity contribution in [1.29, 1.82) is 0 Å². The Hall–Kier alpha value is -1.35. The van der Waals surface area contributed by atoms with Gasteiger partial charge in [-0.15, -0.1) is 0 Å². The molecule has 1 saturated heterocycles. The molecule has 116 valence electrons. The Balaban J connectivity index is 2.05. The van der Waals surface area contributed by atoms with Crippen molar-refractivity contribution in [2.24, 2.45) is 5.92 Å². The largest absolute Gasteiger partial charge is 0.375 e. The van der Waals surface area contributed by atoms with Gasteiger partial charge in [-0.1, -0.05) is 43.7 Å². The summed E-state index contributed by atoms with van der Waals surface area (Å²) in [4.78, 5) is 14.5. The van der Waals surface area contributed by atoms with E-state index in [4.69, 9.17) is 4.74 Å². The molecule has 1 aromatic carbocycles. The molecule has 0 aromatic heterocycles. The van der Waals surface area contributed by atoms with Crippen molar-refractivity contribution in [2.45, 2.75) is 46.1 Å². The Morgan fingerprint density at radius 2 is 2.00 bits per heavy atom. The lowest BCUT2D eigenvalue weighted by molar-refractivity contribution is -0.138. The number of hydrogen-bond donors (Lipinski definition) is 0.